The van der Waals surface area contributed by atoms with Gasteiger partial charge in [0.2, 0.25) is 5.75 Å². The quantitative estimate of drug-likeness (QED) is 0.369. The van der Waals surface area contributed by atoms with Crippen LogP contribution in [0.2, 0.25) is 0 Å². The molecule has 0 spiro atoms. The Hall–Kier alpha value is -2.43. The number of allylic oxidation sites excluding steroid dienone is 2. The maximum absolute atomic E-state index is 10.8. The summed E-state index contributed by atoms with van der Waals surface area (Å²) in [6.45, 7) is 0. The van der Waals surface area contributed by atoms with Gasteiger partial charge in [0.15, 0.2) is 11.5 Å². The fourth-order valence-corrected chi connectivity index (χ4v) is 1.23. The van der Waals surface area contributed by atoms with E-state index in [1.165, 1.54) is 32.4 Å². The Morgan fingerprint density at radius 1 is 1.22 bits per heavy atom. The first-order chi connectivity index (χ1) is 8.58. The van der Waals surface area contributed by atoms with E-state index < -0.39 is 5.97 Å². The highest BCUT2D eigenvalue weighted by Crippen LogP contribution is 2.36. The summed E-state index contributed by atoms with van der Waals surface area (Å²) in [7, 11) is 2.68. The summed E-state index contributed by atoms with van der Waals surface area (Å²) in [6.07, 6.45) is 6.00. The molecule has 0 aliphatic heterocycles. The van der Waals surface area contributed by atoms with Crippen LogP contribution < -0.4 is 4.74 Å². The van der Waals surface area contributed by atoms with Crippen molar-refractivity contribution in [3.8, 4) is 17.2 Å². The van der Waals surface area contributed by atoms with Crippen LogP contribution in [0.5, 0.6) is 17.2 Å². The number of hydrogen-bond acceptors (Lipinski definition) is 5. The molecule has 1 rings (SSSR count). The fraction of sp³-hybridized carbons (Fsp3) is 0.154. The van der Waals surface area contributed by atoms with Crippen LogP contribution >= 0.6 is 0 Å². The van der Waals surface area contributed by atoms with E-state index in [9.17, 15) is 15.0 Å². The summed E-state index contributed by atoms with van der Waals surface area (Å²) in [5.74, 6) is -0.858. The van der Waals surface area contributed by atoms with Crippen LogP contribution in [0.3, 0.4) is 0 Å². The average molecular weight is 250 g/mol. The zero-order valence-electron chi connectivity index (χ0n) is 10.1. The molecule has 0 radical (unpaired) electrons. The second kappa shape index (κ2) is 6.34. The van der Waals surface area contributed by atoms with Gasteiger partial charge in [0.25, 0.3) is 0 Å². The number of methoxy groups -OCH3 is 2. The molecule has 0 unspecified atom stereocenters. The molecule has 2 N–H and O–H groups in total. The summed E-state index contributed by atoms with van der Waals surface area (Å²) in [4.78, 5) is 10.8. The van der Waals surface area contributed by atoms with Crippen LogP contribution in [-0.4, -0.2) is 30.4 Å². The Bertz CT molecular complexity index is 488. The van der Waals surface area contributed by atoms with Crippen LogP contribution in [0.25, 0.3) is 6.08 Å². The summed E-state index contributed by atoms with van der Waals surface area (Å²) in [5, 5.41) is 18.9. The smallest absolute Gasteiger partial charge is 0.330 e. The lowest BCUT2D eigenvalue weighted by Crippen LogP contribution is -1.92. The molecule has 0 aliphatic rings. The van der Waals surface area contributed by atoms with Crippen LogP contribution in [0.15, 0.2) is 30.4 Å². The molecule has 1 aromatic rings. The van der Waals surface area contributed by atoms with Crippen molar-refractivity contribution in [3.63, 3.8) is 0 Å². The first-order valence-electron chi connectivity index (χ1n) is 5.11. The number of aromatic hydroxyl groups is 2. The van der Waals surface area contributed by atoms with Gasteiger partial charge in [-0.25, -0.2) is 4.79 Å². The van der Waals surface area contributed by atoms with Crippen molar-refractivity contribution in [1.82, 2.24) is 0 Å². The molecule has 0 amide bonds. The summed E-state index contributed by atoms with van der Waals surface area (Å²) in [5.41, 5.74) is 0.622. The first-order valence-corrected chi connectivity index (χ1v) is 5.11. The second-order valence-electron chi connectivity index (χ2n) is 3.33. The van der Waals surface area contributed by atoms with Gasteiger partial charge < -0.3 is 19.7 Å². The van der Waals surface area contributed by atoms with E-state index >= 15 is 0 Å². The van der Waals surface area contributed by atoms with Gasteiger partial charge in [0.05, 0.1) is 14.2 Å². The Morgan fingerprint density at radius 3 is 2.56 bits per heavy atom. The van der Waals surface area contributed by atoms with Gasteiger partial charge in [-0.05, 0) is 17.7 Å². The molecule has 0 aliphatic carbocycles. The van der Waals surface area contributed by atoms with E-state index in [0.717, 1.165) is 0 Å². The van der Waals surface area contributed by atoms with Gasteiger partial charge in [-0.1, -0.05) is 18.2 Å². The molecule has 0 aromatic heterocycles. The van der Waals surface area contributed by atoms with Gasteiger partial charge in [-0.3, -0.25) is 0 Å². The van der Waals surface area contributed by atoms with Crippen molar-refractivity contribution in [2.24, 2.45) is 0 Å². The molecule has 5 heteroatoms. The molecule has 0 bridgehead atoms. The lowest BCUT2D eigenvalue weighted by Gasteiger charge is -2.06. The minimum Gasteiger partial charge on any atom is -0.504 e. The van der Waals surface area contributed by atoms with Gasteiger partial charge in [-0.15, -0.1) is 0 Å². The molecular formula is C13H14O5. The summed E-state index contributed by atoms with van der Waals surface area (Å²) < 4.78 is 9.31. The number of phenols is 2. The monoisotopic (exact) mass is 250 g/mol. The Kier molecular flexibility index (Phi) is 4.80. The van der Waals surface area contributed by atoms with Gasteiger partial charge in [0, 0.05) is 6.08 Å². The van der Waals surface area contributed by atoms with Crippen molar-refractivity contribution in [2.75, 3.05) is 14.2 Å². The molecule has 0 fully saturated rings. The molecule has 0 atom stereocenters. The molecule has 0 heterocycles. The highest BCUT2D eigenvalue weighted by atomic mass is 16.5. The van der Waals surface area contributed by atoms with Crippen LogP contribution in [-0.2, 0) is 9.53 Å². The predicted molar refractivity (Wildman–Crippen MR) is 66.5 cm³/mol. The largest absolute Gasteiger partial charge is 0.504 e. The van der Waals surface area contributed by atoms with E-state index in [1.807, 2.05) is 0 Å². The third-order valence-corrected chi connectivity index (χ3v) is 2.13. The van der Waals surface area contributed by atoms with E-state index in [1.54, 1.807) is 18.2 Å². The highest BCUT2D eigenvalue weighted by molar-refractivity contribution is 5.82. The van der Waals surface area contributed by atoms with Crippen molar-refractivity contribution >= 4 is 12.0 Å². The Labute approximate surface area is 105 Å². The zero-order chi connectivity index (χ0) is 13.5. The van der Waals surface area contributed by atoms with Crippen molar-refractivity contribution < 1.29 is 24.5 Å². The molecular weight excluding hydrogens is 236 g/mol. The van der Waals surface area contributed by atoms with Crippen LogP contribution in [0.4, 0.5) is 0 Å². The lowest BCUT2D eigenvalue weighted by molar-refractivity contribution is -0.134. The number of rotatable bonds is 4. The number of benzene rings is 1. The number of carbonyl (C=O) groups excluding carboxylic acids is 1. The number of phenolic OH excluding ortho intramolecular Hbond substituents is 2. The minimum absolute atomic E-state index is 0.173. The number of esters is 1. The van der Waals surface area contributed by atoms with Gasteiger partial charge in [0.1, 0.15) is 0 Å². The fourth-order valence-electron chi connectivity index (χ4n) is 1.23. The molecule has 96 valence electrons. The maximum Gasteiger partial charge on any atom is 0.330 e. The standard InChI is InChI=1S/C13H14O5/c1-17-11-8-9(7-10(14)13(11)16)5-3-4-6-12(15)18-2/h3-8,14,16H,1-2H3/b5-3+,6-4+. The number of ether oxygens (including phenoxy) is 2. The van der Waals surface area contributed by atoms with Crippen molar-refractivity contribution in [1.29, 1.82) is 0 Å². The van der Waals surface area contributed by atoms with E-state index in [-0.39, 0.29) is 17.2 Å². The highest BCUT2D eigenvalue weighted by Gasteiger charge is 2.07. The maximum atomic E-state index is 10.8. The van der Waals surface area contributed by atoms with Crippen molar-refractivity contribution in [2.45, 2.75) is 0 Å². The molecule has 18 heavy (non-hydrogen) atoms. The second-order valence-corrected chi connectivity index (χ2v) is 3.33. The first kappa shape index (κ1) is 13.6. The minimum atomic E-state index is -0.453. The van der Waals surface area contributed by atoms with E-state index in [0.29, 0.717) is 5.56 Å². The number of carbonyl (C=O) groups is 1. The average Bonchev–Trinajstić information content (AvgIpc) is 2.38. The van der Waals surface area contributed by atoms with Gasteiger partial charge >= 0.3 is 5.97 Å². The summed E-state index contributed by atoms with van der Waals surface area (Å²) >= 11 is 0. The molecule has 0 saturated carbocycles. The third-order valence-electron chi connectivity index (χ3n) is 2.13. The Morgan fingerprint density at radius 2 is 1.94 bits per heavy atom. The lowest BCUT2D eigenvalue weighted by atomic mass is 10.1. The summed E-state index contributed by atoms with van der Waals surface area (Å²) in [6, 6.07) is 2.93. The number of hydrogen-bond donors (Lipinski definition) is 2. The van der Waals surface area contributed by atoms with Crippen molar-refractivity contribution in [3.05, 3.63) is 35.9 Å². The van der Waals surface area contributed by atoms with Crippen LogP contribution in [0, 0.1) is 0 Å². The van der Waals surface area contributed by atoms with E-state index in [4.69, 9.17) is 4.74 Å². The predicted octanol–water partition coefficient (Wildman–Crippen LogP) is 1.85. The van der Waals surface area contributed by atoms with E-state index in [2.05, 4.69) is 4.74 Å². The molecule has 0 saturated heterocycles. The molecule has 1 aromatic carbocycles. The van der Waals surface area contributed by atoms with Crippen LogP contribution in [0.1, 0.15) is 5.56 Å². The zero-order valence-corrected chi connectivity index (χ0v) is 10.1. The SMILES string of the molecule is COC(=O)/C=C/C=C/c1cc(O)c(O)c(OC)c1. The van der Waals surface area contributed by atoms with Gasteiger partial charge in [-0.2, -0.15) is 0 Å². The molecule has 5 nitrogen and oxygen atoms in total. The Balaban J connectivity index is 2.85. The normalized spacial score (nSPS) is 11.0. The third kappa shape index (κ3) is 3.55. The topological polar surface area (TPSA) is 76.0 Å².